The molecule has 1 aliphatic heterocycles. The van der Waals surface area contributed by atoms with Gasteiger partial charge in [-0.3, -0.25) is 4.79 Å². The van der Waals surface area contributed by atoms with Gasteiger partial charge in [0.25, 0.3) is 0 Å². The molecule has 0 aliphatic carbocycles. The van der Waals surface area contributed by atoms with Crippen LogP contribution in [-0.2, 0) is 4.79 Å². The normalized spacial score (nSPS) is 14.0. The van der Waals surface area contributed by atoms with E-state index in [1.165, 1.54) is 17.4 Å². The van der Waals surface area contributed by atoms with Gasteiger partial charge in [-0.1, -0.05) is 18.2 Å². The number of anilines is 2. The summed E-state index contributed by atoms with van der Waals surface area (Å²) in [6.07, 6.45) is 2.97. The Kier molecular flexibility index (Phi) is 4.96. The molecule has 3 rings (SSSR count). The van der Waals surface area contributed by atoms with Crippen molar-refractivity contribution in [2.24, 2.45) is 0 Å². The average Bonchev–Trinajstić information content (AvgIpc) is 3.09. The van der Waals surface area contributed by atoms with E-state index in [0.717, 1.165) is 6.42 Å². The second kappa shape index (κ2) is 7.31. The van der Waals surface area contributed by atoms with Crippen LogP contribution in [0, 0.1) is 0 Å². The molecule has 0 bridgehead atoms. The van der Waals surface area contributed by atoms with E-state index in [1.54, 1.807) is 40.5 Å². The summed E-state index contributed by atoms with van der Waals surface area (Å²) >= 11 is 1.73. The van der Waals surface area contributed by atoms with Crippen LogP contribution < -0.4 is 10.6 Å². The third kappa shape index (κ3) is 4.02. The Morgan fingerprint density at radius 1 is 1.12 bits per heavy atom. The maximum Gasteiger partial charge on any atom is 0.322 e. The summed E-state index contributed by atoms with van der Waals surface area (Å²) in [6, 6.07) is 11.2. The van der Waals surface area contributed by atoms with Crippen LogP contribution in [-0.4, -0.2) is 29.9 Å². The van der Waals surface area contributed by atoms with Gasteiger partial charge in [0.1, 0.15) is 0 Å². The number of nitrogens with one attached hydrogen (secondary N) is 2. The van der Waals surface area contributed by atoms with E-state index in [9.17, 15) is 9.59 Å². The zero-order valence-electron chi connectivity index (χ0n) is 13.4. The van der Waals surface area contributed by atoms with Gasteiger partial charge in [-0.2, -0.15) is 0 Å². The molecule has 5 nitrogen and oxygen atoms in total. The first-order valence-electron chi connectivity index (χ1n) is 7.78. The van der Waals surface area contributed by atoms with Crippen LogP contribution in [0.4, 0.5) is 16.2 Å². The zero-order chi connectivity index (χ0) is 16.9. The highest BCUT2D eigenvalue weighted by Gasteiger charge is 2.18. The zero-order valence-corrected chi connectivity index (χ0v) is 14.2. The molecule has 1 aliphatic rings. The van der Waals surface area contributed by atoms with E-state index in [0.29, 0.717) is 24.5 Å². The van der Waals surface area contributed by atoms with Crippen molar-refractivity contribution >= 4 is 40.2 Å². The maximum atomic E-state index is 12.4. The summed E-state index contributed by atoms with van der Waals surface area (Å²) in [4.78, 5) is 26.6. The molecule has 1 aromatic heterocycles. The van der Waals surface area contributed by atoms with Crippen molar-refractivity contribution in [1.82, 2.24) is 4.90 Å². The van der Waals surface area contributed by atoms with Crippen molar-refractivity contribution in [3.63, 3.8) is 0 Å². The monoisotopic (exact) mass is 341 g/mol. The Labute approximate surface area is 145 Å². The van der Waals surface area contributed by atoms with Gasteiger partial charge in [0.15, 0.2) is 0 Å². The summed E-state index contributed by atoms with van der Waals surface area (Å²) in [5.74, 6) is -0.138. The molecule has 2 N–H and O–H groups in total. The topological polar surface area (TPSA) is 61.4 Å². The SMILES string of the molecule is CC(=O)Nc1cccc(NC(=O)N2CC=C(c3cccs3)CC2)c1. The fraction of sp³-hybridized carbons (Fsp3) is 0.222. The Morgan fingerprint density at radius 3 is 2.54 bits per heavy atom. The number of hydrogen-bond donors (Lipinski definition) is 2. The smallest absolute Gasteiger partial charge is 0.322 e. The Morgan fingerprint density at radius 2 is 1.92 bits per heavy atom. The number of urea groups is 1. The second-order valence-electron chi connectivity index (χ2n) is 5.59. The molecule has 1 aromatic carbocycles. The molecule has 6 heteroatoms. The molecular weight excluding hydrogens is 322 g/mol. The predicted octanol–water partition coefficient (Wildman–Crippen LogP) is 4.03. The van der Waals surface area contributed by atoms with Crippen LogP contribution in [0.15, 0.2) is 47.9 Å². The van der Waals surface area contributed by atoms with Crippen molar-refractivity contribution in [1.29, 1.82) is 0 Å². The van der Waals surface area contributed by atoms with Crippen LogP contribution in [0.25, 0.3) is 5.57 Å². The third-order valence-corrected chi connectivity index (χ3v) is 4.71. The molecule has 0 saturated carbocycles. The summed E-state index contributed by atoms with van der Waals surface area (Å²) in [5.41, 5.74) is 2.64. The van der Waals surface area contributed by atoms with Gasteiger partial charge in [0.05, 0.1) is 0 Å². The van der Waals surface area contributed by atoms with E-state index >= 15 is 0 Å². The molecule has 2 heterocycles. The van der Waals surface area contributed by atoms with E-state index in [4.69, 9.17) is 0 Å². The molecule has 0 atom stereocenters. The number of amides is 3. The molecule has 0 spiro atoms. The number of rotatable bonds is 3. The lowest BCUT2D eigenvalue weighted by Crippen LogP contribution is -2.37. The first-order chi connectivity index (χ1) is 11.6. The fourth-order valence-corrected chi connectivity index (χ4v) is 3.42. The van der Waals surface area contributed by atoms with Crippen molar-refractivity contribution in [3.8, 4) is 0 Å². The summed E-state index contributed by atoms with van der Waals surface area (Å²) < 4.78 is 0. The molecule has 2 aromatic rings. The first-order valence-corrected chi connectivity index (χ1v) is 8.66. The lowest BCUT2D eigenvalue weighted by Gasteiger charge is -2.26. The van der Waals surface area contributed by atoms with Gasteiger partial charge in [-0.25, -0.2) is 4.79 Å². The highest BCUT2D eigenvalue weighted by molar-refractivity contribution is 7.11. The van der Waals surface area contributed by atoms with Gasteiger partial charge in [-0.05, 0) is 41.6 Å². The van der Waals surface area contributed by atoms with Crippen LogP contribution in [0.5, 0.6) is 0 Å². The van der Waals surface area contributed by atoms with Crippen LogP contribution in [0.1, 0.15) is 18.2 Å². The van der Waals surface area contributed by atoms with E-state index in [2.05, 4.69) is 28.2 Å². The van der Waals surface area contributed by atoms with Crippen LogP contribution in [0.2, 0.25) is 0 Å². The van der Waals surface area contributed by atoms with E-state index < -0.39 is 0 Å². The Bertz CT molecular complexity index is 768. The van der Waals surface area contributed by atoms with Gasteiger partial charge < -0.3 is 15.5 Å². The summed E-state index contributed by atoms with van der Waals surface area (Å²) in [6.45, 7) is 2.75. The lowest BCUT2D eigenvalue weighted by molar-refractivity contribution is -0.114. The standard InChI is InChI=1S/C18H19N3O2S/c1-13(22)19-15-4-2-5-16(12-15)20-18(23)21-9-7-14(8-10-21)17-6-3-11-24-17/h2-7,11-12H,8-10H2,1H3,(H,19,22)(H,20,23). The molecule has 3 amide bonds. The van der Waals surface area contributed by atoms with Gasteiger partial charge >= 0.3 is 6.03 Å². The minimum absolute atomic E-state index is 0.128. The third-order valence-electron chi connectivity index (χ3n) is 3.77. The predicted molar refractivity (Wildman–Crippen MR) is 98.3 cm³/mol. The largest absolute Gasteiger partial charge is 0.326 e. The van der Waals surface area contributed by atoms with Gasteiger partial charge in [0, 0.05) is 36.3 Å². The summed E-state index contributed by atoms with van der Waals surface area (Å²) in [7, 11) is 0. The van der Waals surface area contributed by atoms with E-state index in [1.807, 2.05) is 6.07 Å². The maximum absolute atomic E-state index is 12.4. The van der Waals surface area contributed by atoms with Gasteiger partial charge in [-0.15, -0.1) is 11.3 Å². The molecule has 0 radical (unpaired) electrons. The quantitative estimate of drug-likeness (QED) is 0.885. The van der Waals surface area contributed by atoms with Crippen molar-refractivity contribution in [2.45, 2.75) is 13.3 Å². The first kappa shape index (κ1) is 16.3. The minimum Gasteiger partial charge on any atom is -0.326 e. The van der Waals surface area contributed by atoms with Crippen LogP contribution in [0.3, 0.4) is 0 Å². The highest BCUT2D eigenvalue weighted by Crippen LogP contribution is 2.26. The van der Waals surface area contributed by atoms with Gasteiger partial charge in [0.2, 0.25) is 5.91 Å². The molecular formula is C18H19N3O2S. The highest BCUT2D eigenvalue weighted by atomic mass is 32.1. The molecule has 24 heavy (non-hydrogen) atoms. The number of thiophene rings is 1. The molecule has 0 saturated heterocycles. The Balaban J connectivity index is 1.61. The fourth-order valence-electron chi connectivity index (χ4n) is 2.62. The number of carbonyl (C=O) groups excluding carboxylic acids is 2. The minimum atomic E-state index is -0.138. The molecule has 124 valence electrons. The Hall–Kier alpha value is -2.60. The average molecular weight is 341 g/mol. The number of carbonyl (C=O) groups is 2. The number of hydrogen-bond acceptors (Lipinski definition) is 3. The number of nitrogens with zero attached hydrogens (tertiary/aromatic N) is 1. The number of benzene rings is 1. The van der Waals surface area contributed by atoms with Crippen LogP contribution >= 0.6 is 11.3 Å². The van der Waals surface area contributed by atoms with Crippen molar-refractivity contribution < 1.29 is 9.59 Å². The van der Waals surface area contributed by atoms with Crippen molar-refractivity contribution in [2.75, 3.05) is 23.7 Å². The lowest BCUT2D eigenvalue weighted by atomic mass is 10.1. The second-order valence-corrected chi connectivity index (χ2v) is 6.54. The van der Waals surface area contributed by atoms with Crippen molar-refractivity contribution in [3.05, 3.63) is 52.7 Å². The molecule has 0 unspecified atom stereocenters. The summed E-state index contributed by atoms with van der Waals surface area (Å²) in [5, 5.41) is 7.66. The van der Waals surface area contributed by atoms with E-state index in [-0.39, 0.29) is 11.9 Å². The molecule has 0 fully saturated rings.